The smallest absolute Gasteiger partial charge is 0.260 e. The minimum Gasteiger partial charge on any atom is -0.484 e. The van der Waals surface area contributed by atoms with Crippen molar-refractivity contribution < 1.29 is 14.1 Å². The van der Waals surface area contributed by atoms with Crippen molar-refractivity contribution in [3.8, 4) is 17.1 Å². The molecule has 0 saturated heterocycles. The van der Waals surface area contributed by atoms with Crippen molar-refractivity contribution in [2.45, 2.75) is 20.4 Å². The first-order valence-corrected chi connectivity index (χ1v) is 8.51. The summed E-state index contributed by atoms with van der Waals surface area (Å²) in [6.45, 7) is 4.66. The Kier molecular flexibility index (Phi) is 5.63. The molecule has 1 amide bonds. The van der Waals surface area contributed by atoms with E-state index >= 15 is 0 Å². The standard InChI is InChI=1S/C20H21N3O3/c1-3-23(19(24)14-25-17-11-9-15(2)10-12-17)13-18-21-20(22-26-18)16-7-5-4-6-8-16/h4-12H,3,13-14H2,1-2H3. The van der Waals surface area contributed by atoms with Crippen LogP contribution in [0.1, 0.15) is 18.4 Å². The minimum atomic E-state index is -0.132. The summed E-state index contributed by atoms with van der Waals surface area (Å²) in [5, 5.41) is 3.98. The number of ether oxygens (including phenoxy) is 1. The lowest BCUT2D eigenvalue weighted by molar-refractivity contribution is -0.134. The average molecular weight is 351 g/mol. The highest BCUT2D eigenvalue weighted by Gasteiger charge is 2.17. The largest absolute Gasteiger partial charge is 0.484 e. The molecule has 0 saturated carbocycles. The van der Waals surface area contributed by atoms with Gasteiger partial charge in [-0.3, -0.25) is 4.79 Å². The van der Waals surface area contributed by atoms with Gasteiger partial charge >= 0.3 is 0 Å². The number of hydrogen-bond donors (Lipinski definition) is 0. The van der Waals surface area contributed by atoms with Gasteiger partial charge in [0.25, 0.3) is 5.91 Å². The number of likely N-dealkylation sites (N-methyl/N-ethyl adjacent to an activating group) is 1. The third-order valence-electron chi connectivity index (χ3n) is 3.94. The summed E-state index contributed by atoms with van der Waals surface area (Å²) < 4.78 is 10.8. The third kappa shape index (κ3) is 4.47. The lowest BCUT2D eigenvalue weighted by Crippen LogP contribution is -2.34. The first kappa shape index (κ1) is 17.7. The predicted molar refractivity (Wildman–Crippen MR) is 97.5 cm³/mol. The van der Waals surface area contributed by atoms with Crippen molar-refractivity contribution in [3.63, 3.8) is 0 Å². The molecule has 0 atom stereocenters. The van der Waals surface area contributed by atoms with Gasteiger partial charge in [-0.25, -0.2) is 0 Å². The SMILES string of the molecule is CCN(Cc1nc(-c2ccccc2)no1)C(=O)COc1ccc(C)cc1. The van der Waals surface area contributed by atoms with E-state index in [1.54, 1.807) is 4.90 Å². The van der Waals surface area contributed by atoms with Crippen LogP contribution in [0.3, 0.4) is 0 Å². The predicted octanol–water partition coefficient (Wildman–Crippen LogP) is 3.47. The van der Waals surface area contributed by atoms with Crippen molar-refractivity contribution in [2.75, 3.05) is 13.2 Å². The van der Waals surface area contributed by atoms with Crippen molar-refractivity contribution in [2.24, 2.45) is 0 Å². The van der Waals surface area contributed by atoms with Gasteiger partial charge in [0.2, 0.25) is 11.7 Å². The summed E-state index contributed by atoms with van der Waals surface area (Å²) >= 11 is 0. The molecule has 6 nitrogen and oxygen atoms in total. The molecule has 1 aromatic heterocycles. The molecule has 0 radical (unpaired) electrons. The molecule has 1 heterocycles. The van der Waals surface area contributed by atoms with E-state index in [0.29, 0.717) is 24.0 Å². The second-order valence-electron chi connectivity index (χ2n) is 5.89. The van der Waals surface area contributed by atoms with Crippen LogP contribution in [0.25, 0.3) is 11.4 Å². The summed E-state index contributed by atoms with van der Waals surface area (Å²) in [5.74, 6) is 1.45. The lowest BCUT2D eigenvalue weighted by Gasteiger charge is -2.18. The van der Waals surface area contributed by atoms with Crippen LogP contribution < -0.4 is 4.74 Å². The number of benzene rings is 2. The van der Waals surface area contributed by atoms with Crippen LogP contribution in [0, 0.1) is 6.92 Å². The van der Waals surface area contributed by atoms with Gasteiger partial charge in [0.05, 0.1) is 0 Å². The number of amides is 1. The van der Waals surface area contributed by atoms with Crippen LogP contribution in [0.5, 0.6) is 5.75 Å². The maximum absolute atomic E-state index is 12.4. The van der Waals surface area contributed by atoms with Gasteiger partial charge in [0.1, 0.15) is 12.3 Å². The fourth-order valence-electron chi connectivity index (χ4n) is 2.43. The lowest BCUT2D eigenvalue weighted by atomic mass is 10.2. The molecule has 6 heteroatoms. The van der Waals surface area contributed by atoms with Gasteiger partial charge in [-0.15, -0.1) is 0 Å². The molecule has 0 fully saturated rings. The van der Waals surface area contributed by atoms with Gasteiger partial charge < -0.3 is 14.2 Å². The number of carbonyl (C=O) groups is 1. The van der Waals surface area contributed by atoms with Gasteiger partial charge in [-0.1, -0.05) is 53.2 Å². The van der Waals surface area contributed by atoms with E-state index in [4.69, 9.17) is 9.26 Å². The fourth-order valence-corrected chi connectivity index (χ4v) is 2.43. The molecular weight excluding hydrogens is 330 g/mol. The number of nitrogens with zero attached hydrogens (tertiary/aromatic N) is 3. The summed E-state index contributed by atoms with van der Waals surface area (Å²) in [4.78, 5) is 18.4. The molecule has 0 spiro atoms. The van der Waals surface area contributed by atoms with E-state index in [2.05, 4.69) is 10.1 Å². The Morgan fingerprint density at radius 1 is 1.12 bits per heavy atom. The molecule has 2 aromatic carbocycles. The molecule has 0 unspecified atom stereocenters. The number of rotatable bonds is 7. The zero-order valence-corrected chi connectivity index (χ0v) is 14.9. The van der Waals surface area contributed by atoms with Gasteiger partial charge in [-0.2, -0.15) is 4.98 Å². The first-order valence-electron chi connectivity index (χ1n) is 8.51. The van der Waals surface area contributed by atoms with Crippen molar-refractivity contribution in [1.82, 2.24) is 15.0 Å². The Morgan fingerprint density at radius 2 is 1.85 bits per heavy atom. The molecule has 3 aromatic rings. The summed E-state index contributed by atoms with van der Waals surface area (Å²) in [7, 11) is 0. The quantitative estimate of drug-likeness (QED) is 0.652. The maximum Gasteiger partial charge on any atom is 0.260 e. The Morgan fingerprint density at radius 3 is 2.54 bits per heavy atom. The van der Waals surface area contributed by atoms with Gasteiger partial charge in [0, 0.05) is 12.1 Å². The maximum atomic E-state index is 12.4. The third-order valence-corrected chi connectivity index (χ3v) is 3.94. The van der Waals surface area contributed by atoms with Crippen molar-refractivity contribution in [3.05, 3.63) is 66.1 Å². The molecule has 0 bridgehead atoms. The van der Waals surface area contributed by atoms with Crippen LogP contribution in [0.15, 0.2) is 59.1 Å². The summed E-state index contributed by atoms with van der Waals surface area (Å²) in [6.07, 6.45) is 0. The van der Waals surface area contributed by atoms with E-state index < -0.39 is 0 Å². The Balaban J connectivity index is 1.59. The normalized spacial score (nSPS) is 10.5. The summed E-state index contributed by atoms with van der Waals surface area (Å²) in [6, 6.07) is 17.2. The Hall–Kier alpha value is -3.15. The highest BCUT2D eigenvalue weighted by Crippen LogP contribution is 2.16. The van der Waals surface area contributed by atoms with E-state index in [9.17, 15) is 4.79 Å². The molecule has 0 aliphatic rings. The number of aryl methyl sites for hydroxylation is 1. The topological polar surface area (TPSA) is 68.5 Å². The van der Waals surface area contributed by atoms with E-state index in [0.717, 1.165) is 11.1 Å². The van der Waals surface area contributed by atoms with Crippen molar-refractivity contribution in [1.29, 1.82) is 0 Å². The fraction of sp³-hybridized carbons (Fsp3) is 0.250. The van der Waals surface area contributed by atoms with Crippen LogP contribution in [0.2, 0.25) is 0 Å². The van der Waals surface area contributed by atoms with Crippen molar-refractivity contribution >= 4 is 5.91 Å². The van der Waals surface area contributed by atoms with Gasteiger partial charge in [0.15, 0.2) is 6.61 Å². The highest BCUT2D eigenvalue weighted by molar-refractivity contribution is 5.77. The van der Waals surface area contributed by atoms with Crippen LogP contribution in [-0.2, 0) is 11.3 Å². The molecular formula is C20H21N3O3. The molecule has 0 N–H and O–H groups in total. The average Bonchev–Trinajstić information content (AvgIpc) is 3.15. The number of aromatic nitrogens is 2. The second kappa shape index (κ2) is 8.29. The second-order valence-corrected chi connectivity index (χ2v) is 5.89. The van der Waals surface area contributed by atoms with E-state index in [1.807, 2.05) is 68.4 Å². The Labute approximate surface area is 152 Å². The van der Waals surface area contributed by atoms with Crippen LogP contribution in [0.4, 0.5) is 0 Å². The van der Waals surface area contributed by atoms with Gasteiger partial charge in [-0.05, 0) is 26.0 Å². The van der Waals surface area contributed by atoms with E-state index in [1.165, 1.54) is 0 Å². The molecule has 0 aliphatic heterocycles. The molecule has 134 valence electrons. The molecule has 0 aliphatic carbocycles. The molecule has 3 rings (SSSR count). The Bertz CT molecular complexity index is 844. The zero-order chi connectivity index (χ0) is 18.4. The number of carbonyl (C=O) groups excluding carboxylic acids is 1. The monoisotopic (exact) mass is 351 g/mol. The number of hydrogen-bond acceptors (Lipinski definition) is 5. The first-order chi connectivity index (χ1) is 12.7. The summed E-state index contributed by atoms with van der Waals surface area (Å²) in [5.41, 5.74) is 2.02. The van der Waals surface area contributed by atoms with Crippen LogP contribution >= 0.6 is 0 Å². The van der Waals surface area contributed by atoms with E-state index in [-0.39, 0.29) is 19.1 Å². The molecule has 26 heavy (non-hydrogen) atoms. The van der Waals surface area contributed by atoms with Crippen LogP contribution in [-0.4, -0.2) is 34.1 Å². The zero-order valence-electron chi connectivity index (χ0n) is 14.9. The highest BCUT2D eigenvalue weighted by atomic mass is 16.5. The minimum absolute atomic E-state index is 0.0312.